The molecule has 0 radical (unpaired) electrons. The summed E-state index contributed by atoms with van der Waals surface area (Å²) < 4.78 is 8.31. The molecule has 0 aliphatic heterocycles. The molecule has 2 N–H and O–H groups in total. The largest absolute Gasteiger partial charge is 0.343 e. The molecular formula is C25H26N6O4. The number of amides is 2. The summed E-state index contributed by atoms with van der Waals surface area (Å²) in [6.45, 7) is 5.63. The van der Waals surface area contributed by atoms with E-state index in [1.807, 2.05) is 50.2 Å². The lowest BCUT2D eigenvalue weighted by Gasteiger charge is -2.07. The standard InChI is InChI=1S/C25H26N6O4/c1-15-10-16(2)12-18(11-15)24(33)26-14-22-27-20(29-35-22)13-21(32)28-23-17(3)30(4)31(25(23)34)19-8-6-5-7-9-19/h5-12H,13-14H2,1-4H3,(H,26,33)(H,28,32). The van der Waals surface area contributed by atoms with Gasteiger partial charge in [0, 0.05) is 12.6 Å². The van der Waals surface area contributed by atoms with Crippen molar-refractivity contribution in [2.24, 2.45) is 7.05 Å². The van der Waals surface area contributed by atoms with E-state index in [1.165, 1.54) is 4.68 Å². The van der Waals surface area contributed by atoms with Gasteiger partial charge in [0.1, 0.15) is 5.69 Å². The zero-order valence-corrected chi connectivity index (χ0v) is 20.0. The smallest absolute Gasteiger partial charge is 0.295 e. The van der Waals surface area contributed by atoms with Gasteiger partial charge in [0.25, 0.3) is 11.5 Å². The first-order chi connectivity index (χ1) is 16.7. The van der Waals surface area contributed by atoms with E-state index in [2.05, 4.69) is 20.8 Å². The molecule has 2 amide bonds. The molecule has 10 heteroatoms. The molecule has 180 valence electrons. The highest BCUT2D eigenvalue weighted by atomic mass is 16.5. The van der Waals surface area contributed by atoms with Crippen LogP contribution in [0, 0.1) is 20.8 Å². The monoisotopic (exact) mass is 474 g/mol. The van der Waals surface area contributed by atoms with Crippen LogP contribution in [0.15, 0.2) is 57.8 Å². The Labute approximate surface area is 201 Å². The minimum absolute atomic E-state index is 0.0278. The predicted octanol–water partition coefficient (Wildman–Crippen LogP) is 2.60. The summed E-state index contributed by atoms with van der Waals surface area (Å²) in [5, 5.41) is 9.20. The van der Waals surface area contributed by atoms with Gasteiger partial charge >= 0.3 is 0 Å². The van der Waals surface area contributed by atoms with E-state index in [-0.39, 0.29) is 41.8 Å². The third-order valence-electron chi connectivity index (χ3n) is 5.53. The molecule has 0 aliphatic rings. The Balaban J connectivity index is 1.39. The minimum atomic E-state index is -0.456. The number of rotatable bonds is 7. The number of hydrogen-bond acceptors (Lipinski definition) is 6. The number of hydrogen-bond donors (Lipinski definition) is 2. The van der Waals surface area contributed by atoms with E-state index in [1.54, 1.807) is 30.8 Å². The summed E-state index contributed by atoms with van der Waals surface area (Å²) in [5.74, 6) is -0.394. The number of nitrogens with one attached hydrogen (secondary N) is 2. The van der Waals surface area contributed by atoms with Gasteiger partial charge in [-0.2, -0.15) is 4.98 Å². The second-order valence-corrected chi connectivity index (χ2v) is 8.32. The maximum atomic E-state index is 12.9. The Morgan fingerprint density at radius 1 is 1.03 bits per heavy atom. The zero-order chi connectivity index (χ0) is 25.1. The minimum Gasteiger partial charge on any atom is -0.343 e. The van der Waals surface area contributed by atoms with Crippen molar-refractivity contribution in [3.05, 3.63) is 93.0 Å². The lowest BCUT2D eigenvalue weighted by atomic mass is 10.1. The highest BCUT2D eigenvalue weighted by Gasteiger charge is 2.19. The summed E-state index contributed by atoms with van der Waals surface area (Å²) in [7, 11) is 1.75. The van der Waals surface area contributed by atoms with Crippen LogP contribution in [0.3, 0.4) is 0 Å². The number of aromatic nitrogens is 4. The van der Waals surface area contributed by atoms with Crippen LogP contribution >= 0.6 is 0 Å². The van der Waals surface area contributed by atoms with Crippen molar-refractivity contribution in [2.45, 2.75) is 33.7 Å². The predicted molar refractivity (Wildman–Crippen MR) is 129 cm³/mol. The van der Waals surface area contributed by atoms with Gasteiger partial charge in [-0.15, -0.1) is 0 Å². The van der Waals surface area contributed by atoms with E-state index in [9.17, 15) is 14.4 Å². The third kappa shape index (κ3) is 5.21. The van der Waals surface area contributed by atoms with Gasteiger partial charge in [-0.1, -0.05) is 40.5 Å². The number of carbonyl (C=O) groups is 2. The molecule has 35 heavy (non-hydrogen) atoms. The Kier molecular flexibility index (Phi) is 6.63. The fraction of sp³-hybridized carbons (Fsp3) is 0.240. The molecule has 0 saturated heterocycles. The summed E-state index contributed by atoms with van der Waals surface area (Å²) in [6.07, 6.45) is -0.187. The quantitative estimate of drug-likeness (QED) is 0.424. The molecule has 0 aliphatic carbocycles. The molecule has 4 aromatic rings. The number of benzene rings is 2. The van der Waals surface area contributed by atoms with Crippen LogP contribution < -0.4 is 16.2 Å². The first kappa shape index (κ1) is 23.7. The number of para-hydroxylation sites is 1. The maximum absolute atomic E-state index is 12.9. The van der Waals surface area contributed by atoms with Gasteiger partial charge in [0.15, 0.2) is 5.82 Å². The van der Waals surface area contributed by atoms with Crippen molar-refractivity contribution in [3.63, 3.8) is 0 Å². The average Bonchev–Trinajstić information content (AvgIpc) is 3.35. The van der Waals surface area contributed by atoms with Crippen LogP contribution in [0.25, 0.3) is 5.69 Å². The molecule has 10 nitrogen and oxygen atoms in total. The van der Waals surface area contributed by atoms with Crippen LogP contribution in [0.5, 0.6) is 0 Å². The first-order valence-electron chi connectivity index (χ1n) is 11.0. The summed E-state index contributed by atoms with van der Waals surface area (Å²) in [5.41, 5.74) is 3.67. The Morgan fingerprint density at radius 2 is 1.71 bits per heavy atom. The van der Waals surface area contributed by atoms with E-state index in [4.69, 9.17) is 4.52 Å². The molecular weight excluding hydrogens is 448 g/mol. The second kappa shape index (κ2) is 9.80. The van der Waals surface area contributed by atoms with Crippen molar-refractivity contribution in [2.75, 3.05) is 5.32 Å². The second-order valence-electron chi connectivity index (χ2n) is 8.32. The fourth-order valence-electron chi connectivity index (χ4n) is 3.84. The third-order valence-corrected chi connectivity index (χ3v) is 5.53. The lowest BCUT2D eigenvalue weighted by molar-refractivity contribution is -0.115. The van der Waals surface area contributed by atoms with Gasteiger partial charge < -0.3 is 15.2 Å². The van der Waals surface area contributed by atoms with Crippen molar-refractivity contribution >= 4 is 17.5 Å². The molecule has 2 aromatic heterocycles. The van der Waals surface area contributed by atoms with Gasteiger partial charge in [0.05, 0.1) is 24.3 Å². The van der Waals surface area contributed by atoms with Gasteiger partial charge in [-0.3, -0.25) is 19.1 Å². The average molecular weight is 475 g/mol. The fourth-order valence-corrected chi connectivity index (χ4v) is 3.84. The number of anilines is 1. The molecule has 2 aromatic carbocycles. The zero-order valence-electron chi connectivity index (χ0n) is 20.0. The number of carbonyl (C=O) groups excluding carboxylic acids is 2. The Hall–Kier alpha value is -4.47. The van der Waals surface area contributed by atoms with E-state index >= 15 is 0 Å². The van der Waals surface area contributed by atoms with E-state index in [0.717, 1.165) is 11.1 Å². The van der Waals surface area contributed by atoms with Crippen molar-refractivity contribution in [3.8, 4) is 5.69 Å². The molecule has 0 spiro atoms. The van der Waals surface area contributed by atoms with E-state index < -0.39 is 5.91 Å². The highest BCUT2D eigenvalue weighted by Crippen LogP contribution is 2.14. The molecule has 0 unspecified atom stereocenters. The normalized spacial score (nSPS) is 10.9. The van der Waals surface area contributed by atoms with Crippen LogP contribution in [0.4, 0.5) is 5.69 Å². The van der Waals surface area contributed by atoms with Gasteiger partial charge in [-0.05, 0) is 45.0 Å². The summed E-state index contributed by atoms with van der Waals surface area (Å²) in [6, 6.07) is 14.7. The van der Waals surface area contributed by atoms with Crippen molar-refractivity contribution < 1.29 is 14.1 Å². The number of aryl methyl sites for hydroxylation is 2. The molecule has 0 atom stereocenters. The van der Waals surface area contributed by atoms with Crippen LogP contribution in [0.1, 0.15) is 38.9 Å². The topological polar surface area (TPSA) is 124 Å². The van der Waals surface area contributed by atoms with E-state index in [0.29, 0.717) is 16.9 Å². The molecule has 2 heterocycles. The Bertz CT molecular complexity index is 1430. The Morgan fingerprint density at radius 3 is 2.40 bits per heavy atom. The molecule has 4 rings (SSSR count). The molecule has 0 saturated carbocycles. The first-order valence-corrected chi connectivity index (χ1v) is 11.0. The SMILES string of the molecule is Cc1cc(C)cc(C(=O)NCc2nc(CC(=O)Nc3c(C)n(C)n(-c4ccccc4)c3=O)no2)c1. The van der Waals surface area contributed by atoms with Crippen molar-refractivity contribution in [1.82, 2.24) is 24.8 Å². The lowest BCUT2D eigenvalue weighted by Crippen LogP contribution is -2.24. The van der Waals surface area contributed by atoms with Crippen molar-refractivity contribution in [1.29, 1.82) is 0 Å². The highest BCUT2D eigenvalue weighted by molar-refractivity contribution is 5.94. The molecule has 0 fully saturated rings. The number of nitrogens with zero attached hydrogens (tertiary/aromatic N) is 4. The van der Waals surface area contributed by atoms with Crippen LogP contribution in [-0.2, 0) is 24.8 Å². The summed E-state index contributed by atoms with van der Waals surface area (Å²) >= 11 is 0. The summed E-state index contributed by atoms with van der Waals surface area (Å²) in [4.78, 5) is 42.1. The van der Waals surface area contributed by atoms with Crippen LogP contribution in [0.2, 0.25) is 0 Å². The van der Waals surface area contributed by atoms with Gasteiger partial charge in [-0.25, -0.2) is 4.68 Å². The van der Waals surface area contributed by atoms with Crippen LogP contribution in [-0.4, -0.2) is 31.3 Å². The maximum Gasteiger partial charge on any atom is 0.295 e. The van der Waals surface area contributed by atoms with Gasteiger partial charge in [0.2, 0.25) is 11.8 Å². The molecule has 0 bridgehead atoms.